The van der Waals surface area contributed by atoms with Gasteiger partial charge >= 0.3 is 85.7 Å². The first-order chi connectivity index (χ1) is 64.5. The zero-order chi connectivity index (χ0) is 112. The molecule has 6 amide bonds. The number of esters is 1. The summed E-state index contributed by atoms with van der Waals surface area (Å²) in [6.45, 7) is 37.2. The smallest absolute Gasteiger partial charge is 0.421 e. The van der Waals surface area contributed by atoms with E-state index < -0.39 is 165 Å². The molecule has 836 valence electrons. The third-order valence-corrected chi connectivity index (χ3v) is 18.9. The molecule has 5 atom stereocenters. The topological polar surface area (TPSA) is 402 Å². The van der Waals surface area contributed by atoms with E-state index in [2.05, 4.69) is 57.0 Å². The number of halogens is 19. The van der Waals surface area contributed by atoms with Crippen molar-refractivity contribution in [1.29, 1.82) is 10.5 Å². The summed E-state index contributed by atoms with van der Waals surface area (Å²) in [7, 11) is 2.42. The Morgan fingerprint density at radius 3 is 0.779 bits per heavy atom. The second-order valence-corrected chi connectivity index (χ2v) is 38.2. The number of alkyl halides is 18. The van der Waals surface area contributed by atoms with Crippen molar-refractivity contribution in [1.82, 2.24) is 20.2 Å². The Hall–Kier alpha value is -11.6. The number of ether oxygens (including phenoxy) is 7. The second-order valence-electron chi connectivity index (χ2n) is 38.2. The average molecular weight is 2330 g/mol. The van der Waals surface area contributed by atoms with Crippen molar-refractivity contribution < 1.29 is 198 Å². The Labute approximate surface area is 895 Å². The molecule has 5 unspecified atom stereocenters. The number of benzene rings is 6. The number of aromatic nitrogens is 4. The van der Waals surface area contributed by atoms with E-state index in [4.69, 9.17) is 48.5 Å². The van der Waals surface area contributed by atoms with Crippen LogP contribution in [0.25, 0.3) is 0 Å². The summed E-state index contributed by atoms with van der Waals surface area (Å²) in [5, 5.41) is 52.4. The van der Waals surface area contributed by atoms with Crippen molar-refractivity contribution in [2.45, 2.75) is 312 Å². The Kier molecular flexibility index (Phi) is 60.4. The number of rotatable bonds is 16. The summed E-state index contributed by atoms with van der Waals surface area (Å²) >= 11 is 1.90. The molecule has 7 rings (SSSR count). The number of aliphatic hydroxyl groups is 1. The van der Waals surface area contributed by atoms with E-state index in [1.165, 1.54) is 134 Å². The van der Waals surface area contributed by atoms with Gasteiger partial charge in [-0.3, -0.25) is 41.6 Å². The number of hydrogen-bond acceptors (Lipinski definition) is 22. The molecule has 0 spiro atoms. The van der Waals surface area contributed by atoms with E-state index in [1.807, 2.05) is 22.6 Å². The van der Waals surface area contributed by atoms with Gasteiger partial charge in [-0.05, 0) is 284 Å². The zero-order valence-electron chi connectivity index (χ0n) is 85.2. The van der Waals surface area contributed by atoms with Crippen molar-refractivity contribution >= 4 is 105 Å². The number of hydrogen-bond donors (Lipinski definition) is 7. The van der Waals surface area contributed by atoms with E-state index in [-0.39, 0.29) is 123 Å². The van der Waals surface area contributed by atoms with Crippen LogP contribution in [0.1, 0.15) is 247 Å². The van der Waals surface area contributed by atoms with Crippen molar-refractivity contribution in [3.8, 4) is 12.1 Å². The first kappa shape index (κ1) is 150. The summed E-state index contributed by atoms with van der Waals surface area (Å²) in [4.78, 5) is 102. The summed E-state index contributed by atoms with van der Waals surface area (Å²) < 4.78 is 272. The van der Waals surface area contributed by atoms with Crippen LogP contribution >= 0.6 is 22.6 Å². The van der Waals surface area contributed by atoms with Crippen molar-refractivity contribution in [2.75, 3.05) is 39.0 Å². The van der Waals surface area contributed by atoms with Gasteiger partial charge in [-0.15, -0.1) is 10.2 Å². The van der Waals surface area contributed by atoms with Gasteiger partial charge in [-0.25, -0.2) is 28.8 Å². The molecule has 6 aromatic carbocycles. The van der Waals surface area contributed by atoms with Gasteiger partial charge < -0.3 is 68.3 Å². The Balaban J connectivity index is -0.000000320. The summed E-state index contributed by atoms with van der Waals surface area (Å²) in [5.41, 5.74) is -17.4. The van der Waals surface area contributed by atoms with Gasteiger partial charge in [0.25, 0.3) is 0 Å². The average Bonchev–Trinajstić information content (AvgIpc) is 1.66. The number of methoxy groups -OCH3 is 1. The number of carbonyl (C=O) groups excluding carboxylic acids is 9. The standard InChI is InChI=1S/C17H22F3NO4.C16H20F3N5O2.C16H19F3N2O2.C15H17F3N2O2.C15H20F3NO2.C14H18F3NO3.CH2I.CO2.3CH4.CH3.2V/c1-15(2,3)25-14(23)21-12-8-6-11(7-9-12)16(4,17(18,19)20)10-13(22)24-5;1-14(2,3)26-13(25)20-11-8-6-10(7-9-11)15(4,16(17,18)19)12-21-23-24(5)22-12;1-14(2,3)23-13(22)21-12-7-5-11(6-8-12)15(4,9-10-20)16(17,18)19;1-13(2,3)22-12(21)20-11-7-5-10(6-8-11)14(4,9-19)15(16,17)18;1-13(2,3)21-12(20)19-11-8-6-10(7-9-11)14(4,5)15(16,17)18;1-12(2,3)21-11(19)18-10-7-5-9(6-8-10)13(4,20)14(15,16)17;1-2;2-1-3;;;;;;/h6-9H,10H2,1-5H3,(H,21,23);6-9H,1-5H3,(H,20,25);5-8H,9H2,1-4H3,(H,21,22);5-8H,1-4H3,(H,20,21);6-9H,1-5H3,(H,19,20);5-8,20H,1-4H3,(H,18,19);1H2;;3*1H4;1H3;;/q;;;;;;-1;;;;;-1;;. The number of anilines is 6. The van der Waals surface area contributed by atoms with Crippen LogP contribution in [0.4, 0.5) is 142 Å². The summed E-state index contributed by atoms with van der Waals surface area (Å²) in [5.74, 6) is -1.42. The number of nitrogens with one attached hydrogen (secondary N) is 6. The molecule has 0 saturated carbocycles. The van der Waals surface area contributed by atoms with Gasteiger partial charge in [-0.2, -0.15) is 104 Å². The molecule has 7 aromatic rings. The SMILES string of the molecule is C.C.C.CC(C)(C)OC(=O)Nc1ccc(C(C)(C#N)C(F)(F)F)cc1.CC(C)(C)OC(=O)Nc1ccc(C(C)(C)C(F)(F)F)cc1.CC(C)(C)OC(=O)Nc1ccc(C(C)(CC#N)C(F)(F)F)cc1.CC(C)(C)OC(=O)Nc1ccc(C(C)(O)C(F)(F)F)cc1.COC(=O)CC(C)(c1ccc(NC(=O)OC(C)(C)C)cc1)C(F)(F)F.Cn1nnc(C(C)(c2ccc(NC(=O)OC(C)(C)C)cc2)C(F)(F)F)n1.O=C=O.[CH2-]I.[CH3-].[V].[V]. The fourth-order valence-electron chi connectivity index (χ4n) is 10.8. The molecule has 29 nitrogen and oxygen atoms in total. The Morgan fingerprint density at radius 1 is 0.362 bits per heavy atom. The molecule has 0 fully saturated rings. The molecule has 50 heteroatoms. The molecule has 0 aliphatic carbocycles. The van der Waals surface area contributed by atoms with Crippen LogP contribution in [-0.4, -0.2) is 152 Å². The predicted molar refractivity (Wildman–Crippen MR) is 527 cm³/mol. The van der Waals surface area contributed by atoms with E-state index in [9.17, 15) is 118 Å². The van der Waals surface area contributed by atoms with Crippen LogP contribution in [0.15, 0.2) is 146 Å². The van der Waals surface area contributed by atoms with Gasteiger partial charge in [0, 0.05) is 71.2 Å². The van der Waals surface area contributed by atoms with E-state index in [0.29, 0.717) is 24.0 Å². The normalized spacial score (nSPS) is 13.4. The quantitative estimate of drug-likeness (QED) is 0.0155. The van der Waals surface area contributed by atoms with Gasteiger partial charge in [0.1, 0.15) is 39.0 Å². The molecule has 2 radical (unpaired) electrons. The number of nitrogens with zero attached hydrogens (tertiary/aromatic N) is 6. The monoisotopic (exact) mass is 2330 g/mol. The summed E-state index contributed by atoms with van der Waals surface area (Å²) in [6, 6.07) is 33.5. The first-order valence-corrected chi connectivity index (χ1v) is 43.6. The minimum absolute atomic E-state index is 0. The number of aryl methyl sites for hydroxylation is 1. The molecule has 0 aliphatic rings. The van der Waals surface area contributed by atoms with Crippen LogP contribution in [-0.2, 0) is 124 Å². The van der Waals surface area contributed by atoms with Gasteiger partial charge in [0.15, 0.2) is 22.3 Å². The molecule has 0 aliphatic heterocycles. The van der Waals surface area contributed by atoms with Crippen LogP contribution in [0.3, 0.4) is 0 Å². The van der Waals surface area contributed by atoms with Gasteiger partial charge in [0.2, 0.25) is 0 Å². The maximum atomic E-state index is 13.8. The molecular formula is C99H133F18IN12O17V2-2. The molecule has 1 heterocycles. The number of nitriles is 2. The number of tetrazole rings is 1. The van der Waals surface area contributed by atoms with E-state index in [0.717, 1.165) is 77.7 Å². The zero-order valence-corrected chi connectivity index (χ0v) is 90.2. The Bertz CT molecular complexity index is 5310. The van der Waals surface area contributed by atoms with E-state index >= 15 is 0 Å². The van der Waals surface area contributed by atoms with Crippen LogP contribution in [0.2, 0.25) is 0 Å². The largest absolute Gasteiger partial charge is 0.469 e. The molecule has 0 saturated heterocycles. The Morgan fingerprint density at radius 2 is 0.591 bits per heavy atom. The van der Waals surface area contributed by atoms with Gasteiger partial charge in [-0.1, -0.05) is 95.1 Å². The third-order valence-electron chi connectivity index (χ3n) is 18.9. The van der Waals surface area contributed by atoms with E-state index in [1.54, 1.807) is 131 Å². The minimum Gasteiger partial charge on any atom is -0.469 e. The maximum absolute atomic E-state index is 13.8. The maximum Gasteiger partial charge on any atom is 0.421 e. The van der Waals surface area contributed by atoms with Gasteiger partial charge in [0.05, 0.1) is 50.0 Å². The fourth-order valence-corrected chi connectivity index (χ4v) is 10.8. The number of amides is 6. The molecular weight excluding hydrogens is 2200 g/mol. The van der Waals surface area contributed by atoms with Crippen LogP contribution in [0.5, 0.6) is 0 Å². The molecule has 7 N–H and O–H groups in total. The first-order valence-electron chi connectivity index (χ1n) is 42.1. The van der Waals surface area contributed by atoms with Crippen LogP contribution < -0.4 is 31.9 Å². The predicted octanol–water partition coefficient (Wildman–Crippen LogP) is 28.6. The minimum atomic E-state index is -4.78. The van der Waals surface area contributed by atoms with Crippen LogP contribution in [0, 0.1) is 35.0 Å². The molecule has 1 aromatic heterocycles. The van der Waals surface area contributed by atoms with Crippen molar-refractivity contribution in [3.05, 3.63) is 197 Å². The molecule has 0 bridgehead atoms. The van der Waals surface area contributed by atoms with Crippen molar-refractivity contribution in [3.63, 3.8) is 0 Å². The second kappa shape index (κ2) is 59.9. The number of carbonyl (C=O) groups is 7. The summed E-state index contributed by atoms with van der Waals surface area (Å²) in [6.07, 6.45) is -33.1. The van der Waals surface area contributed by atoms with Crippen molar-refractivity contribution in [2.24, 2.45) is 7.05 Å². The molecule has 149 heavy (non-hydrogen) atoms. The fraction of sp³-hybridized carbons (Fsp3) is 0.505. The third kappa shape index (κ3) is 50.3.